The highest BCUT2D eigenvalue weighted by Crippen LogP contribution is 1.96. The molecular weight excluding hydrogens is 201 g/mol. The van der Waals surface area contributed by atoms with Gasteiger partial charge in [-0.25, -0.2) is 0 Å². The van der Waals surface area contributed by atoms with Gasteiger partial charge < -0.3 is 0 Å². The molecule has 0 aliphatic carbocycles. The van der Waals surface area contributed by atoms with E-state index in [1.807, 2.05) is 0 Å². The van der Waals surface area contributed by atoms with Gasteiger partial charge in [-0.05, 0) is 0 Å². The zero-order valence-corrected chi connectivity index (χ0v) is 7.71. The Balaban J connectivity index is 0. The number of halogens is 2. The van der Waals surface area contributed by atoms with Gasteiger partial charge in [-0.3, -0.25) is 4.55 Å². The molecule has 0 amide bonds. The Morgan fingerprint density at radius 2 is 2.00 bits per heavy atom. The molecule has 0 rings (SSSR count). The van der Waals surface area contributed by atoms with Crippen molar-refractivity contribution in [3.8, 4) is 0 Å². The van der Waals surface area contributed by atoms with E-state index < -0.39 is 10.3 Å². The second-order valence-corrected chi connectivity index (χ2v) is 3.02. The average Bonchev–Trinajstić information content (AvgIpc) is 1.65. The maximum absolute atomic E-state index is 10.2. The van der Waals surface area contributed by atoms with Crippen molar-refractivity contribution in [2.75, 3.05) is 12.5 Å². The molecule has 64 valence electrons. The maximum atomic E-state index is 10.2. The van der Waals surface area contributed by atoms with Crippen molar-refractivity contribution >= 4 is 34.3 Å². The lowest BCUT2D eigenvalue weighted by Gasteiger charge is -2.10. The molecule has 0 heterocycles. The Hall–Kier alpha value is 0.450. The van der Waals surface area contributed by atoms with Crippen molar-refractivity contribution in [1.82, 2.24) is 4.31 Å². The summed E-state index contributed by atoms with van der Waals surface area (Å²) in [6.07, 6.45) is 0. The molecule has 0 aliphatic rings. The average molecular weight is 210 g/mol. The van der Waals surface area contributed by atoms with Gasteiger partial charge in [0.1, 0.15) is 0 Å². The Morgan fingerprint density at radius 3 is 2.00 bits per heavy atom. The predicted molar refractivity (Wildman–Crippen MR) is 41.9 cm³/mol. The van der Waals surface area contributed by atoms with Crippen LogP contribution in [0.2, 0.25) is 0 Å². The Labute approximate surface area is 71.4 Å². The summed E-state index contributed by atoms with van der Waals surface area (Å²) in [5.41, 5.74) is 0. The number of hydrogen-bond acceptors (Lipinski definition) is 2. The Kier molecular flexibility index (Phi) is 6.73. The van der Waals surface area contributed by atoms with E-state index in [2.05, 4.69) is 0 Å². The van der Waals surface area contributed by atoms with Gasteiger partial charge in [-0.15, -0.1) is 24.0 Å². The second-order valence-electron chi connectivity index (χ2n) is 1.37. The molecule has 0 radical (unpaired) electrons. The highest BCUT2D eigenvalue weighted by atomic mass is 35.5. The van der Waals surface area contributed by atoms with Crippen LogP contribution in [0.15, 0.2) is 0 Å². The molecule has 0 spiro atoms. The topological polar surface area (TPSA) is 57.6 Å². The first kappa shape index (κ1) is 13.1. The van der Waals surface area contributed by atoms with E-state index in [1.165, 1.54) is 0 Å². The zero-order valence-electron chi connectivity index (χ0n) is 5.32. The molecule has 7 heteroatoms. The van der Waals surface area contributed by atoms with Crippen LogP contribution in [0.1, 0.15) is 6.92 Å². The van der Waals surface area contributed by atoms with Gasteiger partial charge in [0.2, 0.25) is 0 Å². The molecule has 0 atom stereocenters. The van der Waals surface area contributed by atoms with Crippen LogP contribution >= 0.6 is 24.0 Å². The number of alkyl halides is 1. The number of hydrogen-bond donors (Lipinski definition) is 1. The molecule has 0 bridgehead atoms. The second kappa shape index (κ2) is 5.15. The summed E-state index contributed by atoms with van der Waals surface area (Å²) in [7, 11) is -4.06. The van der Waals surface area contributed by atoms with Crippen molar-refractivity contribution < 1.29 is 13.0 Å². The summed E-state index contributed by atoms with van der Waals surface area (Å²) >= 11 is 5.14. The lowest BCUT2D eigenvalue weighted by molar-refractivity contribution is 0.388. The predicted octanol–water partition coefficient (Wildman–Crippen LogP) is 0.729. The van der Waals surface area contributed by atoms with E-state index in [0.29, 0.717) is 0 Å². The first-order valence-corrected chi connectivity index (χ1v) is 4.24. The standard InChI is InChI=1S/C3H8ClNO3S.ClH/c1-2-5(3-4)9(6,7)8;/h2-3H2,1H3,(H,6,7,8);1H. The summed E-state index contributed by atoms with van der Waals surface area (Å²) in [5, 5.41) is 0. The van der Waals surface area contributed by atoms with E-state index >= 15 is 0 Å². The maximum Gasteiger partial charge on any atom is 0.337 e. The summed E-state index contributed by atoms with van der Waals surface area (Å²) in [6, 6.07) is -0.213. The minimum absolute atomic E-state index is 0. The SMILES string of the molecule is CCN(CCl)S(=O)(=O)O.Cl. The Morgan fingerprint density at radius 1 is 1.60 bits per heavy atom. The third kappa shape index (κ3) is 4.29. The van der Waals surface area contributed by atoms with Gasteiger partial charge in [-0.2, -0.15) is 12.7 Å². The van der Waals surface area contributed by atoms with Crippen LogP contribution < -0.4 is 0 Å². The van der Waals surface area contributed by atoms with E-state index in [1.54, 1.807) is 6.92 Å². The van der Waals surface area contributed by atoms with Gasteiger partial charge >= 0.3 is 10.3 Å². The number of rotatable bonds is 3. The first-order valence-electron chi connectivity index (χ1n) is 2.31. The van der Waals surface area contributed by atoms with E-state index in [0.717, 1.165) is 4.31 Å². The summed E-state index contributed by atoms with van der Waals surface area (Å²) in [5.74, 6) is 0. The highest BCUT2D eigenvalue weighted by Gasteiger charge is 2.13. The molecule has 1 N–H and O–H groups in total. The normalized spacial score (nSPS) is 11.2. The lowest BCUT2D eigenvalue weighted by atomic mass is 10.8. The van der Waals surface area contributed by atoms with Gasteiger partial charge in [0.05, 0.1) is 6.00 Å². The van der Waals surface area contributed by atoms with Crippen molar-refractivity contribution in [2.45, 2.75) is 6.92 Å². The molecular formula is C3H9Cl2NO3S. The third-order valence-electron chi connectivity index (χ3n) is 0.812. The van der Waals surface area contributed by atoms with Crippen LogP contribution in [0.5, 0.6) is 0 Å². The quantitative estimate of drug-likeness (QED) is 0.424. The molecule has 0 unspecified atom stereocenters. The molecule has 0 aromatic carbocycles. The molecule has 0 saturated carbocycles. The van der Waals surface area contributed by atoms with Crippen LogP contribution in [0.25, 0.3) is 0 Å². The Bertz CT molecular complexity index is 165. The lowest BCUT2D eigenvalue weighted by Crippen LogP contribution is -2.28. The van der Waals surface area contributed by atoms with Crippen LogP contribution in [-0.2, 0) is 10.3 Å². The monoisotopic (exact) mass is 209 g/mol. The fourth-order valence-corrected chi connectivity index (χ4v) is 1.30. The zero-order chi connectivity index (χ0) is 7.49. The fraction of sp³-hybridized carbons (Fsp3) is 1.00. The van der Waals surface area contributed by atoms with Crippen molar-refractivity contribution in [3.63, 3.8) is 0 Å². The summed E-state index contributed by atoms with van der Waals surface area (Å²) in [4.78, 5) is 0. The van der Waals surface area contributed by atoms with Gasteiger partial charge in [0.25, 0.3) is 0 Å². The van der Waals surface area contributed by atoms with Gasteiger partial charge in [0.15, 0.2) is 0 Å². The van der Waals surface area contributed by atoms with Crippen molar-refractivity contribution in [1.29, 1.82) is 0 Å². The minimum Gasteiger partial charge on any atom is -0.273 e. The van der Waals surface area contributed by atoms with Crippen molar-refractivity contribution in [2.24, 2.45) is 0 Å². The van der Waals surface area contributed by atoms with E-state index in [4.69, 9.17) is 16.2 Å². The van der Waals surface area contributed by atoms with Crippen molar-refractivity contribution in [3.05, 3.63) is 0 Å². The van der Waals surface area contributed by atoms with Crippen LogP contribution in [0.4, 0.5) is 0 Å². The highest BCUT2D eigenvalue weighted by molar-refractivity contribution is 7.83. The molecule has 4 nitrogen and oxygen atoms in total. The number of nitrogens with zero attached hydrogens (tertiary/aromatic N) is 1. The molecule has 0 aromatic rings. The van der Waals surface area contributed by atoms with Crippen LogP contribution in [0, 0.1) is 0 Å². The molecule has 0 saturated heterocycles. The van der Waals surface area contributed by atoms with Crippen LogP contribution in [-0.4, -0.2) is 29.8 Å². The molecule has 0 fully saturated rings. The first-order chi connectivity index (χ1) is 4.02. The third-order valence-corrected chi connectivity index (χ3v) is 2.28. The smallest absolute Gasteiger partial charge is 0.273 e. The molecule has 0 aliphatic heterocycles. The molecule has 0 aromatic heterocycles. The van der Waals surface area contributed by atoms with E-state index in [-0.39, 0.29) is 25.0 Å². The van der Waals surface area contributed by atoms with Gasteiger partial charge in [-0.1, -0.05) is 6.92 Å². The van der Waals surface area contributed by atoms with Gasteiger partial charge in [0, 0.05) is 6.54 Å². The van der Waals surface area contributed by atoms with Crippen LogP contribution in [0.3, 0.4) is 0 Å². The molecule has 10 heavy (non-hydrogen) atoms. The summed E-state index contributed by atoms with van der Waals surface area (Å²) < 4.78 is 29.4. The fourth-order valence-electron chi connectivity index (χ4n) is 0.309. The summed E-state index contributed by atoms with van der Waals surface area (Å²) in [6.45, 7) is 1.76. The minimum atomic E-state index is -4.06. The van der Waals surface area contributed by atoms with E-state index in [9.17, 15) is 8.42 Å². The largest absolute Gasteiger partial charge is 0.337 e.